The van der Waals surface area contributed by atoms with Gasteiger partial charge in [0.05, 0.1) is 0 Å². The third-order valence-corrected chi connectivity index (χ3v) is 1.86. The van der Waals surface area contributed by atoms with E-state index in [1.807, 2.05) is 22.6 Å². The Morgan fingerprint density at radius 1 is 1.40 bits per heavy atom. The van der Waals surface area contributed by atoms with Gasteiger partial charge in [0.15, 0.2) is 0 Å². The molecule has 0 fully saturated rings. The number of rotatable bonds is 1. The van der Waals surface area contributed by atoms with Crippen molar-refractivity contribution in [2.24, 2.45) is 0 Å². The minimum atomic E-state index is -0.537. The van der Waals surface area contributed by atoms with Crippen LogP contribution in [0, 0.1) is 0 Å². The summed E-state index contributed by atoms with van der Waals surface area (Å²) in [4.78, 5) is 0. The Kier molecular flexibility index (Phi) is 2.50. The molecule has 1 aromatic carbocycles. The van der Waals surface area contributed by atoms with E-state index in [0.29, 0.717) is 0 Å². The molecule has 0 heterocycles. The summed E-state index contributed by atoms with van der Waals surface area (Å²) in [5.74, 6) is 0.188. The van der Waals surface area contributed by atoms with Crippen LogP contribution in [0.2, 0.25) is 0 Å². The highest BCUT2D eigenvalue weighted by Gasteiger charge is 2.00. The van der Waals surface area contributed by atoms with Gasteiger partial charge < -0.3 is 10.2 Å². The third-order valence-electron chi connectivity index (χ3n) is 1.15. The van der Waals surface area contributed by atoms with Crippen molar-refractivity contribution in [2.75, 3.05) is 0 Å². The molecule has 0 bridgehead atoms. The van der Waals surface area contributed by atoms with E-state index in [4.69, 9.17) is 10.2 Å². The Hall–Kier alpha value is -0.290. The molecule has 0 aliphatic carbocycles. The predicted molar refractivity (Wildman–Crippen MR) is 47.1 cm³/mol. The number of aromatic hydroxyl groups is 1. The Bertz CT molecular complexity index is 223. The number of aliphatic hydroxyl groups excluding tert-OH is 1. The van der Waals surface area contributed by atoms with Crippen molar-refractivity contribution < 1.29 is 10.2 Å². The second-order valence-electron chi connectivity index (χ2n) is 1.93. The van der Waals surface area contributed by atoms with E-state index in [0.717, 1.165) is 5.56 Å². The Morgan fingerprint density at radius 2 is 2.10 bits per heavy atom. The van der Waals surface area contributed by atoms with Gasteiger partial charge in [0.2, 0.25) is 0 Å². The fourth-order valence-electron chi connectivity index (χ4n) is 0.673. The van der Waals surface area contributed by atoms with Gasteiger partial charge in [0.1, 0.15) is 9.86 Å². The van der Waals surface area contributed by atoms with Crippen LogP contribution in [0.15, 0.2) is 24.3 Å². The van der Waals surface area contributed by atoms with Gasteiger partial charge in [-0.3, -0.25) is 0 Å². The fourth-order valence-corrected chi connectivity index (χ4v) is 1.06. The lowest BCUT2D eigenvalue weighted by Gasteiger charge is -2.01. The molecule has 1 aromatic rings. The maximum absolute atomic E-state index is 9.02. The van der Waals surface area contributed by atoms with Gasteiger partial charge in [-0.05, 0) is 40.3 Å². The molecule has 2 N–H and O–H groups in total. The molecule has 2 nitrogen and oxygen atoms in total. The van der Waals surface area contributed by atoms with Gasteiger partial charge in [-0.1, -0.05) is 12.1 Å². The molecule has 0 aromatic heterocycles. The largest absolute Gasteiger partial charge is 0.508 e. The summed E-state index contributed by atoms with van der Waals surface area (Å²) >= 11 is 1.87. The SMILES string of the molecule is Oc1cccc([C@H](O)I)c1. The first-order valence-electron chi connectivity index (χ1n) is 2.81. The summed E-state index contributed by atoms with van der Waals surface area (Å²) < 4.78 is -0.537. The first-order chi connectivity index (χ1) is 4.70. The lowest BCUT2D eigenvalue weighted by molar-refractivity contribution is 0.286. The zero-order chi connectivity index (χ0) is 7.56. The van der Waals surface area contributed by atoms with E-state index in [2.05, 4.69) is 0 Å². The number of aliphatic hydroxyl groups is 1. The molecule has 54 valence electrons. The van der Waals surface area contributed by atoms with E-state index in [-0.39, 0.29) is 5.75 Å². The van der Waals surface area contributed by atoms with Crippen LogP contribution in [0.4, 0.5) is 0 Å². The average Bonchev–Trinajstić information content (AvgIpc) is 1.88. The van der Waals surface area contributed by atoms with Gasteiger partial charge in [-0.2, -0.15) is 0 Å². The van der Waals surface area contributed by atoms with Gasteiger partial charge in [0, 0.05) is 0 Å². The highest BCUT2D eigenvalue weighted by atomic mass is 127. The van der Waals surface area contributed by atoms with Crippen LogP contribution in [-0.4, -0.2) is 10.2 Å². The molecular formula is C7H7IO2. The predicted octanol–water partition coefficient (Wildman–Crippen LogP) is 1.82. The van der Waals surface area contributed by atoms with E-state index in [1.165, 1.54) is 6.07 Å². The summed E-state index contributed by atoms with van der Waals surface area (Å²) in [6, 6.07) is 6.57. The highest BCUT2D eigenvalue weighted by molar-refractivity contribution is 14.1. The zero-order valence-corrected chi connectivity index (χ0v) is 7.32. The minimum absolute atomic E-state index is 0.188. The van der Waals surface area contributed by atoms with Crippen molar-refractivity contribution in [3.63, 3.8) is 0 Å². The van der Waals surface area contributed by atoms with Crippen LogP contribution >= 0.6 is 22.6 Å². The molecule has 0 saturated carbocycles. The maximum atomic E-state index is 9.02. The molecule has 1 atom stereocenters. The van der Waals surface area contributed by atoms with Crippen LogP contribution < -0.4 is 0 Å². The normalized spacial score (nSPS) is 13.0. The number of benzene rings is 1. The van der Waals surface area contributed by atoms with E-state index < -0.39 is 4.11 Å². The smallest absolute Gasteiger partial charge is 0.130 e. The molecule has 0 aliphatic heterocycles. The van der Waals surface area contributed by atoms with Gasteiger partial charge in [-0.15, -0.1) is 0 Å². The van der Waals surface area contributed by atoms with E-state index in [9.17, 15) is 0 Å². The Morgan fingerprint density at radius 3 is 2.50 bits per heavy atom. The maximum Gasteiger partial charge on any atom is 0.130 e. The topological polar surface area (TPSA) is 40.5 Å². The second kappa shape index (κ2) is 3.21. The van der Waals surface area contributed by atoms with E-state index >= 15 is 0 Å². The number of hydrogen-bond acceptors (Lipinski definition) is 2. The molecule has 0 spiro atoms. The molecular weight excluding hydrogens is 243 g/mol. The van der Waals surface area contributed by atoms with Crippen molar-refractivity contribution in [1.82, 2.24) is 0 Å². The van der Waals surface area contributed by atoms with Crippen LogP contribution in [-0.2, 0) is 0 Å². The lowest BCUT2D eigenvalue weighted by Crippen LogP contribution is -1.84. The van der Waals surface area contributed by atoms with Crippen molar-refractivity contribution in [2.45, 2.75) is 4.11 Å². The summed E-state index contributed by atoms with van der Waals surface area (Å²) in [7, 11) is 0. The number of phenolic OH excluding ortho intramolecular Hbond substituents is 1. The monoisotopic (exact) mass is 250 g/mol. The molecule has 0 unspecified atom stereocenters. The first-order valence-corrected chi connectivity index (χ1v) is 4.06. The van der Waals surface area contributed by atoms with Gasteiger partial charge >= 0.3 is 0 Å². The van der Waals surface area contributed by atoms with Crippen LogP contribution in [0.5, 0.6) is 5.75 Å². The van der Waals surface area contributed by atoms with Crippen molar-refractivity contribution >= 4 is 22.6 Å². The minimum Gasteiger partial charge on any atom is -0.508 e. The zero-order valence-electron chi connectivity index (χ0n) is 5.16. The summed E-state index contributed by atoms with van der Waals surface area (Å²) in [5, 5.41) is 18.0. The molecule has 0 aliphatic rings. The number of halogens is 1. The van der Waals surface area contributed by atoms with Crippen molar-refractivity contribution in [3.8, 4) is 5.75 Å². The van der Waals surface area contributed by atoms with Crippen LogP contribution in [0.3, 0.4) is 0 Å². The van der Waals surface area contributed by atoms with Crippen molar-refractivity contribution in [3.05, 3.63) is 29.8 Å². The molecule has 0 amide bonds. The highest BCUT2D eigenvalue weighted by Crippen LogP contribution is 2.22. The number of phenols is 1. The molecule has 0 saturated heterocycles. The molecule has 10 heavy (non-hydrogen) atoms. The van der Waals surface area contributed by atoms with Crippen LogP contribution in [0.1, 0.15) is 9.67 Å². The average molecular weight is 250 g/mol. The Balaban J connectivity index is 2.96. The fraction of sp³-hybridized carbons (Fsp3) is 0.143. The standard InChI is InChI=1S/C7H7IO2/c8-7(10)5-2-1-3-6(9)4-5/h1-4,7,9-10H/t7-/m0/s1. The van der Waals surface area contributed by atoms with Crippen LogP contribution in [0.25, 0.3) is 0 Å². The number of alkyl halides is 1. The lowest BCUT2D eigenvalue weighted by atomic mass is 10.2. The second-order valence-corrected chi connectivity index (χ2v) is 3.11. The van der Waals surface area contributed by atoms with Gasteiger partial charge in [0.25, 0.3) is 0 Å². The summed E-state index contributed by atoms with van der Waals surface area (Å²) in [6.45, 7) is 0. The van der Waals surface area contributed by atoms with Crippen molar-refractivity contribution in [1.29, 1.82) is 0 Å². The molecule has 0 radical (unpaired) electrons. The quantitative estimate of drug-likeness (QED) is 0.589. The summed E-state index contributed by atoms with van der Waals surface area (Å²) in [6.07, 6.45) is 0. The van der Waals surface area contributed by atoms with E-state index in [1.54, 1.807) is 18.2 Å². The molecule has 1 rings (SSSR count). The van der Waals surface area contributed by atoms with Gasteiger partial charge in [-0.25, -0.2) is 0 Å². The molecule has 3 heteroatoms. The first kappa shape index (κ1) is 7.81. The third kappa shape index (κ3) is 1.85. The summed E-state index contributed by atoms with van der Waals surface area (Å²) in [5.41, 5.74) is 0.723. The Labute approximate surface area is 72.6 Å². The number of hydrogen-bond donors (Lipinski definition) is 2.